The highest BCUT2D eigenvalue weighted by Gasteiger charge is 2.51. The van der Waals surface area contributed by atoms with E-state index in [1.165, 1.54) is 103 Å². The van der Waals surface area contributed by atoms with Crippen LogP contribution in [0.3, 0.4) is 0 Å². The molecule has 13 aromatic rings. The summed E-state index contributed by atoms with van der Waals surface area (Å²) in [5.74, 6) is 0. The minimum Gasteiger partial charge on any atom is -0.466 e. The van der Waals surface area contributed by atoms with Gasteiger partial charge in [-0.2, -0.15) is 0 Å². The molecule has 0 amide bonds. The fourth-order valence-electron chi connectivity index (χ4n) is 15.3. The van der Waals surface area contributed by atoms with Gasteiger partial charge < -0.3 is 19.0 Å². The summed E-state index contributed by atoms with van der Waals surface area (Å²) >= 11 is 1.92. The quantitative estimate of drug-likeness (QED) is 0.148. The molecule has 4 nitrogen and oxygen atoms in total. The lowest BCUT2D eigenvalue weighted by atomic mass is 9.45. The van der Waals surface area contributed by atoms with Crippen LogP contribution in [0.25, 0.3) is 75.3 Å². The van der Waals surface area contributed by atoms with Crippen LogP contribution in [-0.4, -0.2) is 6.85 Å². The predicted molar refractivity (Wildman–Crippen MR) is 397 cm³/mol. The molecule has 0 unspecified atom stereocenters. The average molecular weight is 1210 g/mol. The average Bonchev–Trinajstić information content (AvgIpc) is 1.27. The van der Waals surface area contributed by atoms with Gasteiger partial charge in [0, 0.05) is 60.4 Å². The number of benzene rings is 11. The van der Waals surface area contributed by atoms with Gasteiger partial charge in [-0.25, -0.2) is 0 Å². The molecule has 6 heteroatoms. The summed E-state index contributed by atoms with van der Waals surface area (Å²) in [4.78, 5) is 7.86. The molecule has 0 bridgehead atoms. The molecule has 92 heavy (non-hydrogen) atoms. The van der Waals surface area contributed by atoms with Gasteiger partial charge in [-0.1, -0.05) is 230 Å². The minimum absolute atomic E-state index is 0.0282. The Hall–Kier alpha value is -9.10. The van der Waals surface area contributed by atoms with Crippen molar-refractivity contribution in [1.29, 1.82) is 0 Å². The van der Waals surface area contributed by atoms with Gasteiger partial charge >= 0.3 is 6.85 Å². The van der Waals surface area contributed by atoms with Crippen LogP contribution in [0.2, 0.25) is 0 Å². The van der Waals surface area contributed by atoms with Crippen molar-refractivity contribution in [3.63, 3.8) is 0 Å². The summed E-state index contributed by atoms with van der Waals surface area (Å²) in [6, 6.07) is 85.9. The van der Waals surface area contributed by atoms with Crippen LogP contribution in [-0.2, 0) is 27.1 Å². The lowest BCUT2D eigenvalue weighted by Gasteiger charge is -2.45. The van der Waals surface area contributed by atoms with Gasteiger partial charge in [0.15, 0.2) is 0 Å². The highest BCUT2D eigenvalue weighted by atomic mass is 32.1. The van der Waals surface area contributed by atoms with Gasteiger partial charge in [0.25, 0.3) is 0 Å². The molecule has 0 radical (unpaired) electrons. The van der Waals surface area contributed by atoms with E-state index >= 15 is 0 Å². The van der Waals surface area contributed by atoms with Crippen molar-refractivity contribution in [2.24, 2.45) is 0 Å². The van der Waals surface area contributed by atoms with Gasteiger partial charge in [-0.3, -0.25) is 0 Å². The summed E-state index contributed by atoms with van der Waals surface area (Å²) in [6.45, 7) is 30.2. The van der Waals surface area contributed by atoms with Gasteiger partial charge in [0.1, 0.15) is 11.2 Å². The first-order valence-electron chi connectivity index (χ1n) is 33.1. The Morgan fingerprint density at radius 2 is 0.989 bits per heavy atom. The van der Waals surface area contributed by atoms with E-state index in [0.29, 0.717) is 0 Å². The Kier molecular flexibility index (Phi) is 13.1. The second kappa shape index (κ2) is 20.7. The van der Waals surface area contributed by atoms with Crippen LogP contribution in [0.5, 0.6) is 0 Å². The normalized spacial score (nSPS) is 15.0. The summed E-state index contributed by atoms with van der Waals surface area (Å²) in [6.07, 6.45) is 2.20. The standard InChI is InChI=1S/C86H80BN3OS/c1-82(2,3)58-30-37-61(38-31-58)88(62-39-32-59(33-40-62)83(4,5)6)64-49-69-65-41-42-66-68-46-56-26-20-21-27-57(56)47-76(68)92-80(66)78(65)90(63-35-28-54(29-36-63)53-22-16-14-17-23-53)87-77(69)74(50-64)89(73-43-34-60(84(7,8)9)48-67(73)55-24-18-15-19-25-55)79-70-51-71-72(52-75(70)91-81(79)87)86(12,13)45-44-85(71,10)11/h14-43,46-52H,44-45H2,1-13H3. The smallest absolute Gasteiger partial charge is 0.375 e. The molecular weight excluding hydrogens is 1130 g/mol. The maximum atomic E-state index is 8.03. The molecule has 4 heterocycles. The molecule has 11 aromatic carbocycles. The maximum absolute atomic E-state index is 8.03. The second-order valence-corrected chi connectivity index (χ2v) is 31.9. The number of thiophene rings is 1. The number of fused-ring (bicyclic) bond motifs is 12. The van der Waals surface area contributed by atoms with E-state index in [1.54, 1.807) is 0 Å². The van der Waals surface area contributed by atoms with E-state index in [2.05, 4.69) is 329 Å². The molecule has 0 fully saturated rings. The fourth-order valence-corrected chi connectivity index (χ4v) is 16.6. The summed E-state index contributed by atoms with van der Waals surface area (Å²) < 4.78 is 10.6. The topological polar surface area (TPSA) is 22.9 Å². The van der Waals surface area contributed by atoms with Crippen LogP contribution in [0, 0.1) is 0 Å². The summed E-state index contributed by atoms with van der Waals surface area (Å²) in [5.41, 5.74) is 25.4. The molecule has 16 rings (SSSR count). The highest BCUT2D eigenvalue weighted by molar-refractivity contribution is 7.26. The number of hydrogen-bond acceptors (Lipinski definition) is 5. The minimum atomic E-state index is -0.407. The lowest BCUT2D eigenvalue weighted by Crippen LogP contribution is -2.61. The third-order valence-electron chi connectivity index (χ3n) is 20.7. The van der Waals surface area contributed by atoms with Crippen LogP contribution >= 0.6 is 11.3 Å². The van der Waals surface area contributed by atoms with Crippen molar-refractivity contribution in [3.8, 4) is 33.4 Å². The van der Waals surface area contributed by atoms with Crippen LogP contribution in [0.1, 0.15) is 131 Å². The van der Waals surface area contributed by atoms with Gasteiger partial charge in [0.2, 0.25) is 0 Å². The van der Waals surface area contributed by atoms with E-state index < -0.39 is 6.85 Å². The summed E-state index contributed by atoms with van der Waals surface area (Å²) in [7, 11) is 0. The Balaban J connectivity index is 1.08. The first kappa shape index (κ1) is 58.0. The van der Waals surface area contributed by atoms with Crippen molar-refractivity contribution < 1.29 is 4.42 Å². The maximum Gasteiger partial charge on any atom is 0.375 e. The molecule has 1 aliphatic carbocycles. The fraction of sp³-hybridized carbons (Fsp3) is 0.233. The van der Waals surface area contributed by atoms with E-state index in [9.17, 15) is 0 Å². The summed E-state index contributed by atoms with van der Waals surface area (Å²) in [5, 5.41) is 6.15. The largest absolute Gasteiger partial charge is 0.466 e. The van der Waals surface area contributed by atoms with E-state index in [1.807, 2.05) is 11.3 Å². The van der Waals surface area contributed by atoms with Crippen molar-refractivity contribution in [2.75, 3.05) is 14.6 Å². The SMILES string of the molecule is CC(C)(C)c1ccc(N(c2ccc(C(C)(C)C)cc2)c2cc3c4c(c2)N(c2ccc(C(C)(C)C)cc2-c2ccccc2)c2c(oc5cc6c(cc25)C(C)(C)CCC6(C)C)B4N(c2ccc(-c4ccccc4)cc2)c2c-3ccc3c2sc2cc4ccccc4cc23)cc1. The van der Waals surface area contributed by atoms with Crippen molar-refractivity contribution >= 4 is 117 Å². The lowest BCUT2D eigenvalue weighted by molar-refractivity contribution is 0.332. The number of rotatable bonds is 7. The second-order valence-electron chi connectivity index (χ2n) is 30.8. The zero-order valence-corrected chi connectivity index (χ0v) is 56.3. The molecule has 0 atom stereocenters. The zero-order chi connectivity index (χ0) is 63.5. The Morgan fingerprint density at radius 3 is 1.60 bits per heavy atom. The van der Waals surface area contributed by atoms with Crippen LogP contribution in [0.4, 0.5) is 45.5 Å². The van der Waals surface area contributed by atoms with Crippen LogP contribution < -0.4 is 25.7 Å². The molecule has 0 saturated heterocycles. The van der Waals surface area contributed by atoms with E-state index in [0.717, 1.165) is 69.3 Å². The molecular formula is C86H80BN3OS. The van der Waals surface area contributed by atoms with E-state index in [4.69, 9.17) is 4.42 Å². The molecule has 2 aliphatic heterocycles. The van der Waals surface area contributed by atoms with Gasteiger partial charge in [-0.15, -0.1) is 11.3 Å². The number of nitrogens with zero attached hydrogens (tertiary/aromatic N) is 3. The van der Waals surface area contributed by atoms with Gasteiger partial charge in [-0.05, 0) is 191 Å². The number of hydrogen-bond donors (Lipinski definition) is 0. The third-order valence-corrected chi connectivity index (χ3v) is 21.9. The molecule has 0 saturated carbocycles. The highest BCUT2D eigenvalue weighted by Crippen LogP contribution is 2.57. The van der Waals surface area contributed by atoms with E-state index in [-0.39, 0.29) is 27.1 Å². The molecule has 3 aliphatic rings. The predicted octanol–water partition coefficient (Wildman–Crippen LogP) is 23.7. The Bertz CT molecular complexity index is 5030. The molecule has 454 valence electrons. The number of anilines is 8. The monoisotopic (exact) mass is 1210 g/mol. The third kappa shape index (κ3) is 9.36. The first-order valence-corrected chi connectivity index (χ1v) is 33.9. The van der Waals surface area contributed by atoms with Crippen LogP contribution in [0.15, 0.2) is 229 Å². The van der Waals surface area contributed by atoms with Gasteiger partial charge in [0.05, 0.1) is 21.8 Å². The van der Waals surface area contributed by atoms with Crippen molar-refractivity contribution in [1.82, 2.24) is 0 Å². The Morgan fingerprint density at radius 1 is 0.435 bits per heavy atom. The van der Waals surface area contributed by atoms with Crippen molar-refractivity contribution in [2.45, 2.75) is 130 Å². The molecule has 2 aromatic heterocycles. The van der Waals surface area contributed by atoms with Crippen molar-refractivity contribution in [3.05, 3.63) is 252 Å². The molecule has 0 spiro atoms. The zero-order valence-electron chi connectivity index (χ0n) is 55.5. The number of furan rings is 1. The first-order chi connectivity index (χ1) is 44.0. The molecule has 0 N–H and O–H groups in total. The Labute approximate surface area is 547 Å².